The molecule has 0 aliphatic carbocycles. The van der Waals surface area contributed by atoms with Gasteiger partial charge in [-0.15, -0.1) is 0 Å². The molecule has 0 aromatic heterocycles. The molecule has 0 unspecified atom stereocenters. The van der Waals surface area contributed by atoms with Crippen molar-refractivity contribution in [2.75, 3.05) is 13.1 Å². The van der Waals surface area contributed by atoms with Crippen LogP contribution in [0.5, 0.6) is 0 Å². The van der Waals surface area contributed by atoms with Crippen LogP contribution in [-0.4, -0.2) is 30.9 Å². The van der Waals surface area contributed by atoms with Crippen molar-refractivity contribution in [2.45, 2.75) is 39.7 Å². The Morgan fingerprint density at radius 1 is 1.47 bits per heavy atom. The molecule has 15 heavy (non-hydrogen) atoms. The number of ketones is 1. The molecule has 0 radical (unpaired) electrons. The smallest absolute Gasteiger partial charge is 0.293 e. The molecule has 1 atom stereocenters. The number of ether oxygens (including phenoxy) is 1. The molecule has 1 aliphatic rings. The number of rotatable bonds is 1. The molecule has 1 heterocycles. The summed E-state index contributed by atoms with van der Waals surface area (Å²) in [6.07, 6.45) is 0.771. The summed E-state index contributed by atoms with van der Waals surface area (Å²) in [5.74, 6) is 0.903. The van der Waals surface area contributed by atoms with Gasteiger partial charge in [0, 0.05) is 6.42 Å². The first-order chi connectivity index (χ1) is 6.85. The average Bonchev–Trinajstić information content (AvgIpc) is 2.01. The van der Waals surface area contributed by atoms with Gasteiger partial charge in [-0.05, 0) is 33.2 Å². The number of Topliss-reactive ketones (excluding diaryl/α,β-unsaturated/α-hetero) is 1. The van der Waals surface area contributed by atoms with Gasteiger partial charge in [-0.2, -0.15) is 0 Å². The third-order valence-corrected chi connectivity index (χ3v) is 1.79. The Balaban J connectivity index is 0.000000265. The fourth-order valence-corrected chi connectivity index (χ4v) is 1.14. The summed E-state index contributed by atoms with van der Waals surface area (Å²) in [6.45, 7) is 9.60. The normalized spacial score (nSPS) is 21.3. The third-order valence-electron chi connectivity index (χ3n) is 1.79. The lowest BCUT2D eigenvalue weighted by molar-refractivity contribution is -0.138. The van der Waals surface area contributed by atoms with E-state index in [2.05, 4.69) is 17.0 Å². The van der Waals surface area contributed by atoms with Gasteiger partial charge >= 0.3 is 0 Å². The third kappa shape index (κ3) is 9.41. The number of hydrogen-bond donors (Lipinski definition) is 1. The quantitative estimate of drug-likeness (QED) is 0.666. The highest BCUT2D eigenvalue weighted by molar-refractivity contribution is 5.81. The van der Waals surface area contributed by atoms with Gasteiger partial charge in [-0.25, -0.2) is 0 Å². The van der Waals surface area contributed by atoms with Crippen molar-refractivity contribution in [3.8, 4) is 0 Å². The molecule has 0 amide bonds. The predicted octanol–water partition coefficient (Wildman–Crippen LogP) is 1.14. The first kappa shape index (κ1) is 14.1. The molecule has 0 spiro atoms. The topological polar surface area (TPSA) is 55.4 Å². The van der Waals surface area contributed by atoms with Crippen molar-refractivity contribution >= 4 is 12.3 Å². The highest BCUT2D eigenvalue weighted by Crippen LogP contribution is 2.04. The SMILES string of the molecule is CC(C)(C)OC=O.C[C@@H]1CNCC(=O)C1. The van der Waals surface area contributed by atoms with E-state index in [4.69, 9.17) is 0 Å². The molecule has 0 bridgehead atoms. The fourth-order valence-electron chi connectivity index (χ4n) is 1.14. The first-order valence-electron chi connectivity index (χ1n) is 5.19. The molecule has 1 rings (SSSR count). The maximum atomic E-state index is 10.6. The van der Waals surface area contributed by atoms with Crippen LogP contribution in [-0.2, 0) is 14.3 Å². The Labute approximate surface area is 91.4 Å². The van der Waals surface area contributed by atoms with Crippen LogP contribution in [0.4, 0.5) is 0 Å². The number of carbonyl (C=O) groups excluding carboxylic acids is 2. The van der Waals surface area contributed by atoms with Gasteiger partial charge in [-0.1, -0.05) is 6.92 Å². The Morgan fingerprint density at radius 3 is 2.27 bits per heavy atom. The molecule has 0 aromatic carbocycles. The summed E-state index contributed by atoms with van der Waals surface area (Å²) in [4.78, 5) is 20.2. The van der Waals surface area contributed by atoms with Crippen LogP contribution in [0.2, 0.25) is 0 Å². The van der Waals surface area contributed by atoms with Gasteiger partial charge in [0.05, 0.1) is 6.54 Å². The van der Waals surface area contributed by atoms with Crippen LogP contribution < -0.4 is 5.32 Å². The largest absolute Gasteiger partial charge is 0.462 e. The van der Waals surface area contributed by atoms with Gasteiger partial charge in [-0.3, -0.25) is 9.59 Å². The molecular weight excluding hydrogens is 194 g/mol. The maximum absolute atomic E-state index is 10.6. The zero-order chi connectivity index (χ0) is 11.9. The van der Waals surface area contributed by atoms with Crippen molar-refractivity contribution in [2.24, 2.45) is 5.92 Å². The standard InChI is InChI=1S/C6H11NO.C5H10O2/c1-5-2-6(8)4-7-3-5;1-5(2,3)7-4-6/h5,7H,2-4H2,1H3;4H,1-3H3/t5-;/m0./s1. The van der Waals surface area contributed by atoms with E-state index in [-0.39, 0.29) is 5.60 Å². The van der Waals surface area contributed by atoms with E-state index in [1.54, 1.807) is 0 Å². The lowest BCUT2D eigenvalue weighted by Gasteiger charge is -2.16. The van der Waals surface area contributed by atoms with Crippen LogP contribution in [0.3, 0.4) is 0 Å². The predicted molar refractivity (Wildman–Crippen MR) is 58.6 cm³/mol. The van der Waals surface area contributed by atoms with Gasteiger partial charge in [0.1, 0.15) is 11.4 Å². The molecule has 0 saturated carbocycles. The van der Waals surface area contributed by atoms with E-state index >= 15 is 0 Å². The number of carbonyl (C=O) groups is 2. The summed E-state index contributed by atoms with van der Waals surface area (Å²) in [7, 11) is 0. The molecule has 1 N–H and O–H groups in total. The second-order valence-electron chi connectivity index (χ2n) is 4.81. The maximum Gasteiger partial charge on any atom is 0.293 e. The fraction of sp³-hybridized carbons (Fsp3) is 0.818. The van der Waals surface area contributed by atoms with E-state index in [0.29, 0.717) is 24.7 Å². The second kappa shape index (κ2) is 6.56. The first-order valence-corrected chi connectivity index (χ1v) is 5.19. The van der Waals surface area contributed by atoms with Crippen LogP contribution >= 0.6 is 0 Å². The summed E-state index contributed by atoms with van der Waals surface area (Å²) in [5, 5.41) is 3.03. The van der Waals surface area contributed by atoms with Crippen LogP contribution in [0.25, 0.3) is 0 Å². The highest BCUT2D eigenvalue weighted by Gasteiger charge is 2.13. The Kier molecular flexibility index (Phi) is 6.17. The summed E-state index contributed by atoms with van der Waals surface area (Å²) in [5.41, 5.74) is -0.318. The van der Waals surface area contributed by atoms with Gasteiger partial charge < -0.3 is 10.1 Å². The lowest BCUT2D eigenvalue weighted by Crippen LogP contribution is -2.34. The minimum Gasteiger partial charge on any atom is -0.462 e. The van der Waals surface area contributed by atoms with Crippen molar-refractivity contribution in [3.05, 3.63) is 0 Å². The van der Waals surface area contributed by atoms with Crippen molar-refractivity contribution in [3.63, 3.8) is 0 Å². The van der Waals surface area contributed by atoms with Crippen molar-refractivity contribution in [1.29, 1.82) is 0 Å². The number of piperidine rings is 1. The molecule has 1 saturated heterocycles. The minimum atomic E-state index is -0.318. The van der Waals surface area contributed by atoms with Gasteiger partial charge in [0.15, 0.2) is 0 Å². The van der Waals surface area contributed by atoms with E-state index < -0.39 is 0 Å². The number of hydrogen-bond acceptors (Lipinski definition) is 4. The zero-order valence-corrected chi connectivity index (χ0v) is 10.0. The second-order valence-corrected chi connectivity index (χ2v) is 4.81. The summed E-state index contributed by atoms with van der Waals surface area (Å²) < 4.78 is 4.55. The minimum absolute atomic E-state index is 0.318. The molecule has 1 aliphatic heterocycles. The molecule has 4 heteroatoms. The van der Waals surface area contributed by atoms with Crippen LogP contribution in [0.15, 0.2) is 0 Å². The van der Waals surface area contributed by atoms with Crippen molar-refractivity contribution < 1.29 is 14.3 Å². The molecule has 1 fully saturated rings. The molecular formula is C11H21NO3. The Bertz CT molecular complexity index is 208. The molecule has 4 nitrogen and oxygen atoms in total. The monoisotopic (exact) mass is 215 g/mol. The van der Waals surface area contributed by atoms with E-state index in [1.165, 1.54) is 0 Å². The highest BCUT2D eigenvalue weighted by atomic mass is 16.5. The summed E-state index contributed by atoms with van der Waals surface area (Å²) in [6, 6.07) is 0. The molecule has 0 aromatic rings. The van der Waals surface area contributed by atoms with E-state index in [9.17, 15) is 9.59 Å². The average molecular weight is 215 g/mol. The zero-order valence-electron chi connectivity index (χ0n) is 10.0. The lowest BCUT2D eigenvalue weighted by atomic mass is 10.0. The Morgan fingerprint density at radius 2 is 2.07 bits per heavy atom. The van der Waals surface area contributed by atoms with Crippen LogP contribution in [0, 0.1) is 5.92 Å². The van der Waals surface area contributed by atoms with E-state index in [1.807, 2.05) is 20.8 Å². The van der Waals surface area contributed by atoms with Gasteiger partial charge in [0.2, 0.25) is 0 Å². The summed E-state index contributed by atoms with van der Waals surface area (Å²) >= 11 is 0. The van der Waals surface area contributed by atoms with Gasteiger partial charge in [0.25, 0.3) is 6.47 Å². The number of nitrogens with one attached hydrogen (secondary N) is 1. The van der Waals surface area contributed by atoms with E-state index in [0.717, 1.165) is 13.0 Å². The van der Waals surface area contributed by atoms with Crippen molar-refractivity contribution in [1.82, 2.24) is 5.32 Å². The van der Waals surface area contributed by atoms with Crippen LogP contribution in [0.1, 0.15) is 34.1 Å². The molecule has 88 valence electrons. The Hall–Kier alpha value is -0.900.